The van der Waals surface area contributed by atoms with Crippen LogP contribution in [-0.2, 0) is 19.6 Å². The first-order valence-corrected chi connectivity index (χ1v) is 9.97. The second-order valence-electron chi connectivity index (χ2n) is 7.87. The molecule has 150 valence electrons. The monoisotopic (exact) mass is 399 g/mol. The molecule has 0 aliphatic carbocycles. The fraction of sp³-hybridized carbons (Fsp3) is 0.556. The zero-order valence-electron chi connectivity index (χ0n) is 15.9. The molecule has 1 aliphatic heterocycles. The summed E-state index contributed by atoms with van der Waals surface area (Å²) in [7, 11) is -4.22. The maximum absolute atomic E-state index is 12.6. The molecular formula is C18H25NO7S. The molecule has 1 aromatic rings. The van der Waals surface area contributed by atoms with Crippen LogP contribution in [0.25, 0.3) is 0 Å². The first-order valence-electron chi connectivity index (χ1n) is 8.49. The van der Waals surface area contributed by atoms with E-state index < -0.39 is 40.0 Å². The van der Waals surface area contributed by atoms with Gasteiger partial charge in [0, 0.05) is 5.41 Å². The number of carboxylic acids is 2. The van der Waals surface area contributed by atoms with E-state index in [9.17, 15) is 18.0 Å². The van der Waals surface area contributed by atoms with Crippen LogP contribution in [-0.4, -0.2) is 42.2 Å². The van der Waals surface area contributed by atoms with Crippen molar-refractivity contribution in [3.8, 4) is 5.75 Å². The number of sulfonamides is 1. The smallest absolute Gasteiger partial charge is 0.322 e. The van der Waals surface area contributed by atoms with Crippen LogP contribution >= 0.6 is 0 Å². The van der Waals surface area contributed by atoms with E-state index in [1.165, 1.54) is 12.1 Å². The number of ether oxygens (including phenoxy) is 1. The average Bonchev–Trinajstić information content (AvgIpc) is 2.51. The van der Waals surface area contributed by atoms with Crippen LogP contribution < -0.4 is 9.46 Å². The first-order chi connectivity index (χ1) is 12.2. The van der Waals surface area contributed by atoms with E-state index >= 15 is 0 Å². The number of rotatable bonds is 6. The van der Waals surface area contributed by atoms with E-state index in [2.05, 4.69) is 0 Å². The molecule has 0 radical (unpaired) electrons. The minimum atomic E-state index is -4.22. The van der Waals surface area contributed by atoms with E-state index in [1.807, 2.05) is 39.3 Å². The zero-order valence-corrected chi connectivity index (χ0v) is 16.8. The third kappa shape index (κ3) is 3.93. The Morgan fingerprint density at radius 2 is 1.81 bits per heavy atom. The number of hydrogen-bond acceptors (Lipinski definition) is 5. The molecule has 0 bridgehead atoms. The summed E-state index contributed by atoms with van der Waals surface area (Å²) in [5.41, 5.74) is -0.0521. The topological polar surface area (TPSA) is 130 Å². The number of carboxylic acid groups (broad SMARTS) is 2. The van der Waals surface area contributed by atoms with E-state index in [4.69, 9.17) is 14.9 Å². The van der Waals surface area contributed by atoms with Gasteiger partial charge >= 0.3 is 11.9 Å². The highest BCUT2D eigenvalue weighted by atomic mass is 32.2. The maximum atomic E-state index is 12.6. The van der Waals surface area contributed by atoms with Crippen molar-refractivity contribution in [1.82, 2.24) is 4.72 Å². The summed E-state index contributed by atoms with van der Waals surface area (Å²) in [6, 6.07) is 2.57. The summed E-state index contributed by atoms with van der Waals surface area (Å²) in [6.45, 7) is 10.0. The van der Waals surface area contributed by atoms with Gasteiger partial charge in [-0.1, -0.05) is 20.8 Å². The van der Waals surface area contributed by atoms with Crippen molar-refractivity contribution in [2.24, 2.45) is 5.41 Å². The molecule has 27 heavy (non-hydrogen) atoms. The predicted molar refractivity (Wildman–Crippen MR) is 97.3 cm³/mol. The number of benzene rings is 1. The highest BCUT2D eigenvalue weighted by Crippen LogP contribution is 2.52. The van der Waals surface area contributed by atoms with E-state index in [0.717, 1.165) is 0 Å². The van der Waals surface area contributed by atoms with Crippen molar-refractivity contribution < 1.29 is 33.0 Å². The molecule has 1 aliphatic rings. The Morgan fingerprint density at radius 1 is 1.22 bits per heavy atom. The summed E-state index contributed by atoms with van der Waals surface area (Å²) in [5.74, 6) is -2.42. The third-order valence-corrected chi connectivity index (χ3v) is 7.20. The van der Waals surface area contributed by atoms with Crippen LogP contribution in [0.3, 0.4) is 0 Å². The van der Waals surface area contributed by atoms with Gasteiger partial charge in [-0.25, -0.2) is 8.42 Å². The van der Waals surface area contributed by atoms with Crippen molar-refractivity contribution in [3.63, 3.8) is 0 Å². The SMILES string of the molecule is CC1c2cc(S(=O)(=O)N[C@@H](CC(=O)O)C(=O)O)ccc2OC(C)(C)C1(C)C. The van der Waals surface area contributed by atoms with Gasteiger partial charge in [0.05, 0.1) is 11.3 Å². The Balaban J connectivity index is 2.43. The highest BCUT2D eigenvalue weighted by Gasteiger charge is 2.48. The van der Waals surface area contributed by atoms with E-state index in [1.54, 1.807) is 6.07 Å². The first kappa shape index (κ1) is 21.2. The number of hydrogen-bond donors (Lipinski definition) is 3. The van der Waals surface area contributed by atoms with Gasteiger partial charge in [0.25, 0.3) is 0 Å². The number of aliphatic carboxylic acids is 2. The standard InChI is InChI=1S/C18H25NO7S/c1-10-12-8-11(6-7-14(12)26-18(4,5)17(10,2)3)27(24,25)19-13(16(22)23)9-15(20)21/h6-8,10,13,19H,9H2,1-5H3,(H,20,21)(H,22,23)/t10?,13-/m0/s1. The Kier molecular flexibility index (Phi) is 5.33. The van der Waals surface area contributed by atoms with Crippen LogP contribution in [0.5, 0.6) is 5.75 Å². The van der Waals surface area contributed by atoms with Crippen LogP contribution in [0.4, 0.5) is 0 Å². The molecule has 0 saturated heterocycles. The molecule has 3 N–H and O–H groups in total. The van der Waals surface area contributed by atoms with Gasteiger partial charge in [-0.2, -0.15) is 4.72 Å². The molecule has 0 aromatic heterocycles. The van der Waals surface area contributed by atoms with Crippen LogP contribution in [0.2, 0.25) is 0 Å². The van der Waals surface area contributed by atoms with Gasteiger partial charge in [0.2, 0.25) is 10.0 Å². The summed E-state index contributed by atoms with van der Waals surface area (Å²) < 4.78 is 33.2. The summed E-state index contributed by atoms with van der Waals surface area (Å²) in [6.07, 6.45) is -0.861. The van der Waals surface area contributed by atoms with Crippen molar-refractivity contribution in [2.75, 3.05) is 0 Å². The summed E-state index contributed by atoms with van der Waals surface area (Å²) in [5, 5.41) is 17.9. The van der Waals surface area contributed by atoms with E-state index in [0.29, 0.717) is 11.3 Å². The van der Waals surface area contributed by atoms with Crippen molar-refractivity contribution in [3.05, 3.63) is 23.8 Å². The fourth-order valence-corrected chi connectivity index (χ4v) is 4.28. The van der Waals surface area contributed by atoms with Crippen LogP contribution in [0.15, 0.2) is 23.1 Å². The van der Waals surface area contributed by atoms with Crippen molar-refractivity contribution >= 4 is 22.0 Å². The zero-order chi connectivity index (χ0) is 20.8. The molecular weight excluding hydrogens is 374 g/mol. The molecule has 0 spiro atoms. The minimum Gasteiger partial charge on any atom is -0.487 e. The lowest BCUT2D eigenvalue weighted by molar-refractivity contribution is -0.145. The second-order valence-corrected chi connectivity index (χ2v) is 9.58. The number of nitrogens with one attached hydrogen (secondary N) is 1. The molecule has 1 aromatic carbocycles. The Bertz CT molecular complexity index is 874. The predicted octanol–water partition coefficient (Wildman–Crippen LogP) is 2.19. The lowest BCUT2D eigenvalue weighted by Gasteiger charge is -2.50. The Hall–Kier alpha value is -2.13. The molecule has 2 rings (SSSR count). The molecule has 0 saturated carbocycles. The molecule has 0 fully saturated rings. The molecule has 2 atom stereocenters. The van der Waals surface area contributed by atoms with Gasteiger partial charge in [-0.05, 0) is 43.5 Å². The Labute approximate surface area is 158 Å². The van der Waals surface area contributed by atoms with Crippen LogP contribution in [0.1, 0.15) is 52.5 Å². The van der Waals surface area contributed by atoms with Crippen molar-refractivity contribution in [2.45, 2.75) is 63.5 Å². The lowest BCUT2D eigenvalue weighted by atomic mass is 9.64. The average molecular weight is 399 g/mol. The lowest BCUT2D eigenvalue weighted by Crippen LogP contribution is -2.50. The molecule has 0 amide bonds. The van der Waals surface area contributed by atoms with Gasteiger partial charge in [-0.15, -0.1) is 0 Å². The number of fused-ring (bicyclic) bond motifs is 1. The molecule has 8 nitrogen and oxygen atoms in total. The summed E-state index contributed by atoms with van der Waals surface area (Å²) >= 11 is 0. The number of carbonyl (C=O) groups is 2. The van der Waals surface area contributed by atoms with Crippen molar-refractivity contribution in [1.29, 1.82) is 0 Å². The third-order valence-electron chi connectivity index (χ3n) is 5.73. The Morgan fingerprint density at radius 3 is 2.33 bits per heavy atom. The molecule has 9 heteroatoms. The minimum absolute atomic E-state index is 0.0271. The largest absolute Gasteiger partial charge is 0.487 e. The molecule has 1 heterocycles. The normalized spacial score (nSPS) is 21.6. The fourth-order valence-electron chi connectivity index (χ4n) is 3.05. The highest BCUT2D eigenvalue weighted by molar-refractivity contribution is 7.89. The van der Waals surface area contributed by atoms with Crippen LogP contribution in [0, 0.1) is 5.41 Å². The quantitative estimate of drug-likeness (QED) is 0.668. The second kappa shape index (κ2) is 6.79. The van der Waals surface area contributed by atoms with Gasteiger partial charge in [-0.3, -0.25) is 9.59 Å². The summed E-state index contributed by atoms with van der Waals surface area (Å²) in [4.78, 5) is 21.8. The molecule has 1 unspecified atom stereocenters. The maximum Gasteiger partial charge on any atom is 0.322 e. The van der Waals surface area contributed by atoms with Gasteiger partial charge in [0.1, 0.15) is 17.4 Å². The van der Waals surface area contributed by atoms with E-state index in [-0.39, 0.29) is 16.2 Å². The van der Waals surface area contributed by atoms with Gasteiger partial charge in [0.15, 0.2) is 0 Å². The van der Waals surface area contributed by atoms with Gasteiger partial charge < -0.3 is 14.9 Å².